The fraction of sp³-hybridized carbons (Fsp3) is 0.636. The monoisotopic (exact) mass is 239 g/mol. The Balaban J connectivity index is 1.94. The molecule has 1 aromatic heterocycles. The number of rotatable bonds is 4. The first-order chi connectivity index (χ1) is 7.78. The van der Waals surface area contributed by atoms with E-state index in [9.17, 15) is 0 Å². The summed E-state index contributed by atoms with van der Waals surface area (Å²) in [7, 11) is 1.87. The molecule has 1 saturated heterocycles. The van der Waals surface area contributed by atoms with Crippen LogP contribution in [0, 0.1) is 6.92 Å². The number of aromatic nitrogens is 2. The first-order valence-corrected chi connectivity index (χ1v) is 6.54. The Morgan fingerprint density at radius 1 is 1.56 bits per heavy atom. The van der Waals surface area contributed by atoms with Gasteiger partial charge in [0.2, 0.25) is 0 Å². The first-order valence-electron chi connectivity index (χ1n) is 5.56. The Morgan fingerprint density at radius 2 is 2.44 bits per heavy atom. The number of anilines is 1. The van der Waals surface area contributed by atoms with Crippen LogP contribution in [0.3, 0.4) is 0 Å². The third kappa shape index (κ3) is 3.09. The Bertz CT molecular complexity index is 353. The molecular weight excluding hydrogens is 222 g/mol. The van der Waals surface area contributed by atoms with Crippen molar-refractivity contribution < 1.29 is 4.74 Å². The molecule has 0 radical (unpaired) electrons. The highest BCUT2D eigenvalue weighted by Gasteiger charge is 2.16. The van der Waals surface area contributed by atoms with Crippen molar-refractivity contribution in [1.29, 1.82) is 0 Å². The molecule has 0 amide bonds. The zero-order chi connectivity index (χ0) is 11.4. The van der Waals surface area contributed by atoms with E-state index in [2.05, 4.69) is 15.3 Å². The molecule has 0 saturated carbocycles. The fourth-order valence-electron chi connectivity index (χ4n) is 1.70. The third-order valence-corrected chi connectivity index (χ3v) is 3.56. The minimum absolute atomic E-state index is 0.401. The zero-order valence-electron chi connectivity index (χ0n) is 9.69. The van der Waals surface area contributed by atoms with Gasteiger partial charge in [-0.3, -0.25) is 0 Å². The molecule has 0 spiro atoms. The van der Waals surface area contributed by atoms with Crippen LogP contribution in [-0.2, 0) is 4.74 Å². The molecule has 16 heavy (non-hydrogen) atoms. The van der Waals surface area contributed by atoms with Gasteiger partial charge in [0.25, 0.3) is 0 Å². The van der Waals surface area contributed by atoms with Crippen LogP contribution in [-0.4, -0.2) is 35.5 Å². The van der Waals surface area contributed by atoms with E-state index >= 15 is 0 Å². The molecule has 2 rings (SSSR count). The third-order valence-electron chi connectivity index (χ3n) is 2.51. The number of nitrogens with one attached hydrogen (secondary N) is 1. The molecule has 1 aliphatic heterocycles. The quantitative estimate of drug-likeness (QED) is 0.644. The summed E-state index contributed by atoms with van der Waals surface area (Å²) < 4.78 is 5.58. The van der Waals surface area contributed by atoms with Gasteiger partial charge in [-0.15, -0.1) is 11.8 Å². The van der Waals surface area contributed by atoms with Crippen molar-refractivity contribution >= 4 is 17.6 Å². The van der Waals surface area contributed by atoms with Gasteiger partial charge in [-0.1, -0.05) is 0 Å². The van der Waals surface area contributed by atoms with Crippen LogP contribution < -0.4 is 5.32 Å². The molecule has 4 nitrogen and oxygen atoms in total. The van der Waals surface area contributed by atoms with Gasteiger partial charge in [0, 0.05) is 25.5 Å². The lowest BCUT2D eigenvalue weighted by molar-refractivity contribution is 0.129. The van der Waals surface area contributed by atoms with E-state index in [-0.39, 0.29) is 0 Å². The van der Waals surface area contributed by atoms with Gasteiger partial charge >= 0.3 is 0 Å². The second-order valence-corrected chi connectivity index (χ2v) is 4.87. The van der Waals surface area contributed by atoms with Gasteiger partial charge in [-0.2, -0.15) is 0 Å². The maximum absolute atomic E-state index is 5.58. The smallest absolute Gasteiger partial charge is 0.130 e. The normalized spacial score (nSPS) is 20.0. The number of nitrogens with zero attached hydrogens (tertiary/aromatic N) is 2. The van der Waals surface area contributed by atoms with Crippen molar-refractivity contribution in [3.63, 3.8) is 0 Å². The minimum Gasteiger partial charge on any atom is -0.377 e. The molecule has 0 aromatic carbocycles. The molecule has 0 aliphatic carbocycles. The predicted molar refractivity (Wildman–Crippen MR) is 66.0 cm³/mol. The van der Waals surface area contributed by atoms with Gasteiger partial charge in [0.15, 0.2) is 0 Å². The van der Waals surface area contributed by atoms with E-state index < -0.39 is 0 Å². The summed E-state index contributed by atoms with van der Waals surface area (Å²) in [5.74, 6) is 2.67. The highest BCUT2D eigenvalue weighted by atomic mass is 32.2. The Hall–Kier alpha value is -0.810. The Morgan fingerprint density at radius 3 is 3.12 bits per heavy atom. The van der Waals surface area contributed by atoms with E-state index in [1.807, 2.05) is 20.0 Å². The lowest BCUT2D eigenvalue weighted by atomic mass is 10.3. The molecule has 88 valence electrons. The molecule has 0 bridgehead atoms. The highest BCUT2D eigenvalue weighted by Crippen LogP contribution is 2.23. The molecule has 1 aromatic rings. The maximum Gasteiger partial charge on any atom is 0.130 e. The molecule has 1 unspecified atom stereocenters. The summed E-state index contributed by atoms with van der Waals surface area (Å²) in [5, 5.41) is 4.06. The van der Waals surface area contributed by atoms with Crippen LogP contribution in [0.5, 0.6) is 0 Å². The molecule has 1 N–H and O–H groups in total. The standard InChI is InChI=1S/C11H17N3OS/c1-8-13-10(12-2)6-11(14-8)16-7-9-4-3-5-15-9/h6,9H,3-5,7H2,1-2H3,(H,12,13,14). The van der Waals surface area contributed by atoms with E-state index in [0.717, 1.165) is 29.0 Å². The Labute approximate surface area is 100 Å². The minimum atomic E-state index is 0.401. The lowest BCUT2D eigenvalue weighted by Gasteiger charge is -2.09. The van der Waals surface area contributed by atoms with Crippen molar-refractivity contribution in [2.75, 3.05) is 24.7 Å². The van der Waals surface area contributed by atoms with Gasteiger partial charge in [-0.05, 0) is 19.8 Å². The topological polar surface area (TPSA) is 47.0 Å². The van der Waals surface area contributed by atoms with Gasteiger partial charge in [0.05, 0.1) is 6.10 Å². The molecule has 2 heterocycles. The van der Waals surface area contributed by atoms with Crippen molar-refractivity contribution in [3.05, 3.63) is 11.9 Å². The summed E-state index contributed by atoms with van der Waals surface area (Å²) in [4.78, 5) is 8.66. The fourth-order valence-corrected chi connectivity index (χ4v) is 2.71. The molecular formula is C11H17N3OS. The van der Waals surface area contributed by atoms with Crippen LogP contribution in [0.1, 0.15) is 18.7 Å². The van der Waals surface area contributed by atoms with Crippen molar-refractivity contribution in [2.45, 2.75) is 30.9 Å². The second kappa shape index (κ2) is 5.50. The van der Waals surface area contributed by atoms with Crippen LogP contribution in [0.15, 0.2) is 11.1 Å². The number of ether oxygens (including phenoxy) is 1. The van der Waals surface area contributed by atoms with E-state index in [1.54, 1.807) is 11.8 Å². The van der Waals surface area contributed by atoms with E-state index in [4.69, 9.17) is 4.74 Å². The van der Waals surface area contributed by atoms with Gasteiger partial charge < -0.3 is 10.1 Å². The van der Waals surface area contributed by atoms with E-state index in [0.29, 0.717) is 6.10 Å². The summed E-state index contributed by atoms with van der Waals surface area (Å²) in [5.41, 5.74) is 0. The first kappa shape index (κ1) is 11.7. The van der Waals surface area contributed by atoms with Crippen molar-refractivity contribution in [3.8, 4) is 0 Å². The van der Waals surface area contributed by atoms with E-state index in [1.165, 1.54) is 12.8 Å². The number of thioether (sulfide) groups is 1. The number of aryl methyl sites for hydroxylation is 1. The SMILES string of the molecule is CNc1cc(SCC2CCCO2)nc(C)n1. The number of hydrogen-bond acceptors (Lipinski definition) is 5. The van der Waals surface area contributed by atoms with Crippen molar-refractivity contribution in [1.82, 2.24) is 9.97 Å². The number of hydrogen-bond donors (Lipinski definition) is 1. The predicted octanol–water partition coefficient (Wildman–Crippen LogP) is 2.10. The Kier molecular flexibility index (Phi) is 4.01. The average Bonchev–Trinajstić information content (AvgIpc) is 2.78. The summed E-state index contributed by atoms with van der Waals surface area (Å²) in [6.45, 7) is 2.83. The zero-order valence-corrected chi connectivity index (χ0v) is 10.5. The van der Waals surface area contributed by atoms with Crippen LogP contribution in [0.25, 0.3) is 0 Å². The van der Waals surface area contributed by atoms with Crippen LogP contribution in [0.4, 0.5) is 5.82 Å². The molecule has 1 fully saturated rings. The van der Waals surface area contributed by atoms with Crippen LogP contribution in [0.2, 0.25) is 0 Å². The second-order valence-electron chi connectivity index (χ2n) is 3.83. The molecule has 1 atom stereocenters. The van der Waals surface area contributed by atoms with Crippen LogP contribution >= 0.6 is 11.8 Å². The summed E-state index contributed by atoms with van der Waals surface area (Å²) in [6.07, 6.45) is 2.77. The van der Waals surface area contributed by atoms with Crippen molar-refractivity contribution in [2.24, 2.45) is 0 Å². The highest BCUT2D eigenvalue weighted by molar-refractivity contribution is 7.99. The lowest BCUT2D eigenvalue weighted by Crippen LogP contribution is -2.08. The van der Waals surface area contributed by atoms with Gasteiger partial charge in [0.1, 0.15) is 16.7 Å². The summed E-state index contributed by atoms with van der Waals surface area (Å²) >= 11 is 1.75. The largest absolute Gasteiger partial charge is 0.377 e. The molecule has 1 aliphatic rings. The van der Waals surface area contributed by atoms with Gasteiger partial charge in [-0.25, -0.2) is 9.97 Å². The molecule has 5 heteroatoms. The average molecular weight is 239 g/mol. The maximum atomic E-state index is 5.58. The summed E-state index contributed by atoms with van der Waals surface area (Å²) in [6, 6.07) is 1.98.